The molecule has 1 N–H and O–H groups in total. The number of nitrogens with zero attached hydrogens (tertiary/aromatic N) is 1. The Hall–Kier alpha value is -2.66. The number of rotatable bonds is 4. The predicted molar refractivity (Wildman–Crippen MR) is 103 cm³/mol. The molecule has 1 aliphatic carbocycles. The van der Waals surface area contributed by atoms with Crippen LogP contribution < -0.4 is 10.2 Å². The lowest BCUT2D eigenvalue weighted by molar-refractivity contribution is -0.107. The zero-order chi connectivity index (χ0) is 18.5. The minimum absolute atomic E-state index is 0.0806. The van der Waals surface area contributed by atoms with Crippen molar-refractivity contribution < 1.29 is 14.3 Å². The summed E-state index contributed by atoms with van der Waals surface area (Å²) in [7, 11) is 1.86. The summed E-state index contributed by atoms with van der Waals surface area (Å²) in [6, 6.07) is 14.7. The average Bonchev–Trinajstić information content (AvgIpc) is 3.21. The standard InChI is InChI=1S/C18H18N2O2.C3H6O/c1-19-10-15-11-20(18(21)22-15)14-6-7-17-13(9-14)8-12-4-2-3-5-16(12)17;1-2-3-4/h2-7,9,15,19H,8,10-11H2,1H3;3H,2H2,1H3/t15-;/m0./s1. The zero-order valence-electron chi connectivity index (χ0n) is 15.2. The van der Waals surface area contributed by atoms with Crippen LogP contribution in [0.25, 0.3) is 11.1 Å². The first-order valence-corrected chi connectivity index (χ1v) is 8.95. The Morgan fingerprint density at radius 1 is 1.19 bits per heavy atom. The van der Waals surface area contributed by atoms with E-state index in [9.17, 15) is 9.59 Å². The normalized spacial score (nSPS) is 17.1. The van der Waals surface area contributed by atoms with Crippen LogP contribution in [0.1, 0.15) is 24.5 Å². The molecule has 5 heteroatoms. The number of carbonyl (C=O) groups excluding carboxylic acids is 2. The third-order valence-corrected chi connectivity index (χ3v) is 4.56. The predicted octanol–water partition coefficient (Wildman–Crippen LogP) is 3.40. The van der Waals surface area contributed by atoms with Gasteiger partial charge in [-0.05, 0) is 47.9 Å². The number of benzene rings is 2. The maximum atomic E-state index is 12.1. The number of anilines is 1. The molecule has 1 saturated heterocycles. The summed E-state index contributed by atoms with van der Waals surface area (Å²) in [5.41, 5.74) is 6.14. The van der Waals surface area contributed by atoms with Crippen LogP contribution in [-0.4, -0.2) is 38.6 Å². The highest BCUT2D eigenvalue weighted by molar-refractivity contribution is 5.91. The van der Waals surface area contributed by atoms with Gasteiger partial charge in [-0.2, -0.15) is 0 Å². The molecule has 2 aromatic rings. The van der Waals surface area contributed by atoms with Crippen molar-refractivity contribution in [2.24, 2.45) is 0 Å². The molecule has 5 nitrogen and oxygen atoms in total. The molecule has 0 aromatic heterocycles. The number of likely N-dealkylation sites (N-methyl/N-ethyl adjacent to an activating group) is 1. The molecular weight excluding hydrogens is 328 g/mol. The van der Waals surface area contributed by atoms with Crippen LogP contribution in [0, 0.1) is 0 Å². The second kappa shape index (κ2) is 8.15. The van der Waals surface area contributed by atoms with Crippen molar-refractivity contribution in [3.63, 3.8) is 0 Å². The third-order valence-electron chi connectivity index (χ3n) is 4.56. The summed E-state index contributed by atoms with van der Waals surface area (Å²) in [4.78, 5) is 23.0. The van der Waals surface area contributed by atoms with Crippen LogP contribution >= 0.6 is 0 Å². The van der Waals surface area contributed by atoms with Crippen molar-refractivity contribution in [3.05, 3.63) is 53.6 Å². The monoisotopic (exact) mass is 352 g/mol. The van der Waals surface area contributed by atoms with Crippen molar-refractivity contribution in [3.8, 4) is 11.1 Å². The van der Waals surface area contributed by atoms with Gasteiger partial charge in [-0.25, -0.2) is 4.79 Å². The molecule has 0 spiro atoms. The summed E-state index contributed by atoms with van der Waals surface area (Å²) in [5.74, 6) is 0. The quantitative estimate of drug-likeness (QED) is 0.731. The van der Waals surface area contributed by atoms with Crippen molar-refractivity contribution in [1.82, 2.24) is 5.32 Å². The van der Waals surface area contributed by atoms with E-state index in [0.29, 0.717) is 19.5 Å². The van der Waals surface area contributed by atoms with E-state index in [-0.39, 0.29) is 12.2 Å². The summed E-state index contributed by atoms with van der Waals surface area (Å²) in [5, 5.41) is 3.05. The van der Waals surface area contributed by atoms with Gasteiger partial charge in [0.25, 0.3) is 0 Å². The largest absolute Gasteiger partial charge is 0.443 e. The summed E-state index contributed by atoms with van der Waals surface area (Å²) >= 11 is 0. The van der Waals surface area contributed by atoms with Gasteiger partial charge in [0.2, 0.25) is 0 Å². The number of fused-ring (bicyclic) bond motifs is 3. The summed E-state index contributed by atoms with van der Waals surface area (Å²) < 4.78 is 5.37. The topological polar surface area (TPSA) is 58.6 Å². The van der Waals surface area contributed by atoms with E-state index in [1.54, 1.807) is 4.90 Å². The van der Waals surface area contributed by atoms with E-state index in [1.165, 1.54) is 22.3 Å². The maximum absolute atomic E-state index is 12.1. The van der Waals surface area contributed by atoms with Crippen LogP contribution in [-0.2, 0) is 16.0 Å². The number of aldehydes is 1. The van der Waals surface area contributed by atoms with Crippen LogP contribution in [0.5, 0.6) is 0 Å². The third kappa shape index (κ3) is 3.63. The Labute approximate surface area is 154 Å². The highest BCUT2D eigenvalue weighted by atomic mass is 16.6. The minimum atomic E-state index is -0.254. The number of ether oxygens (including phenoxy) is 1. The van der Waals surface area contributed by atoms with E-state index in [4.69, 9.17) is 4.74 Å². The molecule has 2 aliphatic rings. The number of cyclic esters (lactones) is 1. The lowest BCUT2D eigenvalue weighted by atomic mass is 10.1. The number of nitrogens with one attached hydrogen (secondary N) is 1. The Kier molecular flexibility index (Phi) is 5.68. The Morgan fingerprint density at radius 2 is 1.92 bits per heavy atom. The van der Waals surface area contributed by atoms with Crippen molar-refractivity contribution in [1.29, 1.82) is 0 Å². The first kappa shape index (κ1) is 18.1. The molecule has 0 radical (unpaired) electrons. The number of hydrogen-bond acceptors (Lipinski definition) is 4. The van der Waals surface area contributed by atoms with E-state index in [0.717, 1.165) is 18.4 Å². The van der Waals surface area contributed by atoms with Gasteiger partial charge in [-0.3, -0.25) is 4.90 Å². The molecule has 1 atom stereocenters. The lowest BCUT2D eigenvalue weighted by Gasteiger charge is -2.14. The molecule has 2 aromatic carbocycles. The fourth-order valence-electron chi connectivity index (χ4n) is 3.37. The van der Waals surface area contributed by atoms with Gasteiger partial charge in [-0.1, -0.05) is 37.3 Å². The van der Waals surface area contributed by atoms with Gasteiger partial charge in [0.15, 0.2) is 0 Å². The molecule has 4 rings (SSSR count). The number of carbonyl (C=O) groups is 2. The molecule has 0 saturated carbocycles. The molecule has 1 fully saturated rings. The highest BCUT2D eigenvalue weighted by Crippen LogP contribution is 2.38. The van der Waals surface area contributed by atoms with Crippen LogP contribution in [0.4, 0.5) is 10.5 Å². The molecule has 0 bridgehead atoms. The SMILES string of the molecule is CCC=O.CNC[C@H]1CN(c2ccc3c(c2)Cc2ccccc2-3)C(=O)O1. The van der Waals surface area contributed by atoms with Crippen LogP contribution in [0.3, 0.4) is 0 Å². The molecule has 0 unspecified atom stereocenters. The average molecular weight is 352 g/mol. The second-order valence-corrected chi connectivity index (χ2v) is 6.42. The molecule has 1 aliphatic heterocycles. The molecular formula is C21H24N2O3. The van der Waals surface area contributed by atoms with E-state index >= 15 is 0 Å². The van der Waals surface area contributed by atoms with E-state index in [1.807, 2.05) is 20.0 Å². The fraction of sp³-hybridized carbons (Fsp3) is 0.333. The van der Waals surface area contributed by atoms with Crippen molar-refractivity contribution in [2.75, 3.05) is 25.0 Å². The van der Waals surface area contributed by atoms with E-state index < -0.39 is 0 Å². The van der Waals surface area contributed by atoms with E-state index in [2.05, 4.69) is 41.7 Å². The molecule has 1 heterocycles. The van der Waals surface area contributed by atoms with Gasteiger partial charge in [-0.15, -0.1) is 0 Å². The summed E-state index contributed by atoms with van der Waals surface area (Å²) in [6.45, 7) is 3.09. The second-order valence-electron chi connectivity index (χ2n) is 6.42. The number of amides is 1. The van der Waals surface area contributed by atoms with Gasteiger partial charge >= 0.3 is 6.09 Å². The van der Waals surface area contributed by atoms with Crippen LogP contribution in [0.2, 0.25) is 0 Å². The van der Waals surface area contributed by atoms with Crippen molar-refractivity contribution >= 4 is 18.1 Å². The Bertz CT molecular complexity index is 804. The minimum Gasteiger partial charge on any atom is -0.443 e. The van der Waals surface area contributed by atoms with Gasteiger partial charge in [0.1, 0.15) is 12.4 Å². The smallest absolute Gasteiger partial charge is 0.414 e. The van der Waals surface area contributed by atoms with Gasteiger partial charge in [0.05, 0.1) is 6.54 Å². The van der Waals surface area contributed by atoms with Crippen molar-refractivity contribution in [2.45, 2.75) is 25.9 Å². The Balaban J connectivity index is 0.000000447. The first-order chi connectivity index (χ1) is 12.7. The number of hydrogen-bond donors (Lipinski definition) is 1. The maximum Gasteiger partial charge on any atom is 0.414 e. The molecule has 26 heavy (non-hydrogen) atoms. The molecule has 136 valence electrons. The molecule has 1 amide bonds. The fourth-order valence-corrected chi connectivity index (χ4v) is 3.37. The van der Waals surface area contributed by atoms with Crippen LogP contribution in [0.15, 0.2) is 42.5 Å². The highest BCUT2D eigenvalue weighted by Gasteiger charge is 2.32. The van der Waals surface area contributed by atoms with Gasteiger partial charge < -0.3 is 14.8 Å². The lowest BCUT2D eigenvalue weighted by Crippen LogP contribution is -2.29. The first-order valence-electron chi connectivity index (χ1n) is 8.95. The zero-order valence-corrected chi connectivity index (χ0v) is 15.2. The summed E-state index contributed by atoms with van der Waals surface area (Å²) in [6.07, 6.45) is 2.11. The Morgan fingerprint density at radius 3 is 2.65 bits per heavy atom. The van der Waals surface area contributed by atoms with Gasteiger partial charge in [0, 0.05) is 18.7 Å².